The summed E-state index contributed by atoms with van der Waals surface area (Å²) in [7, 11) is 0. The number of nitrogens with one attached hydrogen (secondary N) is 2. The number of anilines is 1. The van der Waals surface area contributed by atoms with Crippen molar-refractivity contribution in [3.63, 3.8) is 0 Å². The highest BCUT2D eigenvalue weighted by Crippen LogP contribution is 2.13. The van der Waals surface area contributed by atoms with E-state index in [2.05, 4.69) is 26.6 Å². The number of carbonyl (C=O) groups is 2. The first kappa shape index (κ1) is 18.1. The summed E-state index contributed by atoms with van der Waals surface area (Å²) in [5.74, 6) is -1.15. The van der Waals surface area contributed by atoms with Crippen LogP contribution in [0.15, 0.2) is 53.0 Å². The molecule has 1 atom stereocenters. The summed E-state index contributed by atoms with van der Waals surface area (Å²) in [6, 6.07) is 11.6. The predicted octanol–water partition coefficient (Wildman–Crippen LogP) is 3.98. The molecule has 0 radical (unpaired) electrons. The second kappa shape index (κ2) is 8.06. The lowest BCUT2D eigenvalue weighted by Crippen LogP contribution is -2.47. The fraction of sp³-hybridized carbons (Fsp3) is 0.222. The molecule has 0 saturated heterocycles. The van der Waals surface area contributed by atoms with Crippen LogP contribution in [-0.2, 0) is 4.79 Å². The molecule has 2 amide bonds. The van der Waals surface area contributed by atoms with Gasteiger partial charge in [-0.3, -0.25) is 9.59 Å². The number of carbonyl (C=O) groups excluding carboxylic acids is 2. The third kappa shape index (κ3) is 4.89. The average molecular weight is 393 g/mol. The smallest absolute Gasteiger partial charge is 0.251 e. The Labute approximate surface area is 148 Å². The van der Waals surface area contributed by atoms with Crippen molar-refractivity contribution in [1.82, 2.24) is 5.32 Å². The Morgan fingerprint density at radius 1 is 1.00 bits per heavy atom. The van der Waals surface area contributed by atoms with Crippen molar-refractivity contribution in [3.8, 4) is 0 Å². The van der Waals surface area contributed by atoms with Gasteiger partial charge in [-0.2, -0.15) is 0 Å². The van der Waals surface area contributed by atoms with Crippen LogP contribution in [-0.4, -0.2) is 17.9 Å². The SMILES string of the molecule is CC(C)[C@H](NC(=O)c1ccc(Br)cc1)C(=O)Nc1ccc(F)cc1. The lowest BCUT2D eigenvalue weighted by molar-refractivity contribution is -0.118. The van der Waals surface area contributed by atoms with Crippen molar-refractivity contribution in [2.24, 2.45) is 5.92 Å². The third-order valence-electron chi connectivity index (χ3n) is 3.45. The first-order chi connectivity index (χ1) is 11.4. The quantitative estimate of drug-likeness (QED) is 0.808. The fourth-order valence-electron chi connectivity index (χ4n) is 2.11. The number of amides is 2. The van der Waals surface area contributed by atoms with E-state index >= 15 is 0 Å². The number of benzene rings is 2. The minimum atomic E-state index is -0.703. The Hall–Kier alpha value is -2.21. The van der Waals surface area contributed by atoms with Crippen LogP contribution in [0.25, 0.3) is 0 Å². The Bertz CT molecular complexity index is 715. The first-order valence-corrected chi connectivity index (χ1v) is 8.29. The standard InChI is InChI=1S/C18H18BrFN2O2/c1-11(2)16(18(24)21-15-9-7-14(20)8-10-15)22-17(23)12-3-5-13(19)6-4-12/h3-11,16H,1-2H3,(H,21,24)(H,22,23)/t16-/m0/s1. The van der Waals surface area contributed by atoms with Crippen LogP contribution in [0, 0.1) is 11.7 Å². The van der Waals surface area contributed by atoms with Crippen molar-refractivity contribution < 1.29 is 14.0 Å². The van der Waals surface area contributed by atoms with Gasteiger partial charge in [0.1, 0.15) is 11.9 Å². The van der Waals surface area contributed by atoms with Crippen molar-refractivity contribution >= 4 is 33.4 Å². The molecule has 0 aromatic heterocycles. The Morgan fingerprint density at radius 2 is 1.58 bits per heavy atom. The predicted molar refractivity (Wildman–Crippen MR) is 95.3 cm³/mol. The topological polar surface area (TPSA) is 58.2 Å². The molecule has 4 nitrogen and oxygen atoms in total. The number of rotatable bonds is 5. The Balaban J connectivity index is 2.07. The molecule has 0 unspecified atom stereocenters. The highest BCUT2D eigenvalue weighted by atomic mass is 79.9. The molecule has 0 bridgehead atoms. The maximum Gasteiger partial charge on any atom is 0.251 e. The summed E-state index contributed by atoms with van der Waals surface area (Å²) in [5, 5.41) is 5.43. The molecular formula is C18H18BrFN2O2. The van der Waals surface area contributed by atoms with E-state index in [1.54, 1.807) is 24.3 Å². The van der Waals surface area contributed by atoms with Crippen LogP contribution >= 0.6 is 15.9 Å². The third-order valence-corrected chi connectivity index (χ3v) is 3.98. The van der Waals surface area contributed by atoms with E-state index in [0.717, 1.165) is 4.47 Å². The van der Waals surface area contributed by atoms with Crippen LogP contribution in [0.3, 0.4) is 0 Å². The maximum absolute atomic E-state index is 12.9. The zero-order valence-electron chi connectivity index (χ0n) is 13.3. The molecule has 2 N–H and O–H groups in total. The van der Waals surface area contributed by atoms with E-state index < -0.39 is 6.04 Å². The van der Waals surface area contributed by atoms with Gasteiger partial charge >= 0.3 is 0 Å². The van der Waals surface area contributed by atoms with Gasteiger partial charge in [0.25, 0.3) is 5.91 Å². The van der Waals surface area contributed by atoms with E-state index in [1.165, 1.54) is 24.3 Å². The normalized spacial score (nSPS) is 11.9. The average Bonchev–Trinajstić information content (AvgIpc) is 2.54. The lowest BCUT2D eigenvalue weighted by Gasteiger charge is -2.21. The number of halogens is 2. The second-order valence-electron chi connectivity index (χ2n) is 5.70. The molecule has 0 spiro atoms. The van der Waals surface area contributed by atoms with Crippen molar-refractivity contribution in [2.75, 3.05) is 5.32 Å². The summed E-state index contributed by atoms with van der Waals surface area (Å²) in [5.41, 5.74) is 0.948. The summed E-state index contributed by atoms with van der Waals surface area (Å²) in [4.78, 5) is 24.7. The molecule has 0 fully saturated rings. The molecule has 2 aromatic rings. The van der Waals surface area contributed by atoms with E-state index in [9.17, 15) is 14.0 Å². The van der Waals surface area contributed by atoms with Gasteiger partial charge in [-0.05, 0) is 54.4 Å². The lowest BCUT2D eigenvalue weighted by atomic mass is 10.0. The van der Waals surface area contributed by atoms with Gasteiger partial charge in [-0.1, -0.05) is 29.8 Å². The minimum absolute atomic E-state index is 0.107. The summed E-state index contributed by atoms with van der Waals surface area (Å²) < 4.78 is 13.8. The highest BCUT2D eigenvalue weighted by molar-refractivity contribution is 9.10. The molecule has 126 valence electrons. The molecule has 0 aliphatic heterocycles. The van der Waals surface area contributed by atoms with Crippen molar-refractivity contribution in [3.05, 3.63) is 64.4 Å². The van der Waals surface area contributed by atoms with Gasteiger partial charge in [0.05, 0.1) is 0 Å². The van der Waals surface area contributed by atoms with Gasteiger partial charge in [-0.25, -0.2) is 4.39 Å². The molecule has 2 rings (SSSR count). The van der Waals surface area contributed by atoms with Gasteiger partial charge in [0.2, 0.25) is 5.91 Å². The molecule has 0 aliphatic carbocycles. The second-order valence-corrected chi connectivity index (χ2v) is 6.61. The first-order valence-electron chi connectivity index (χ1n) is 7.49. The van der Waals surface area contributed by atoms with Crippen LogP contribution in [0.5, 0.6) is 0 Å². The molecule has 0 saturated carbocycles. The number of hydrogen-bond acceptors (Lipinski definition) is 2. The molecule has 24 heavy (non-hydrogen) atoms. The van der Waals surface area contributed by atoms with Crippen LogP contribution in [0.2, 0.25) is 0 Å². The summed E-state index contributed by atoms with van der Waals surface area (Å²) >= 11 is 3.31. The highest BCUT2D eigenvalue weighted by Gasteiger charge is 2.24. The van der Waals surface area contributed by atoms with E-state index in [0.29, 0.717) is 11.3 Å². The monoisotopic (exact) mass is 392 g/mol. The van der Waals surface area contributed by atoms with Crippen molar-refractivity contribution in [2.45, 2.75) is 19.9 Å². The van der Waals surface area contributed by atoms with Crippen LogP contribution in [0.1, 0.15) is 24.2 Å². The zero-order valence-corrected chi connectivity index (χ0v) is 14.9. The van der Waals surface area contributed by atoms with Gasteiger partial charge in [0, 0.05) is 15.7 Å². The van der Waals surface area contributed by atoms with E-state index in [1.807, 2.05) is 13.8 Å². The Morgan fingerprint density at radius 3 is 2.12 bits per heavy atom. The van der Waals surface area contributed by atoms with Gasteiger partial charge in [-0.15, -0.1) is 0 Å². The van der Waals surface area contributed by atoms with E-state index in [-0.39, 0.29) is 23.5 Å². The molecule has 6 heteroatoms. The maximum atomic E-state index is 12.9. The summed E-state index contributed by atoms with van der Waals surface area (Å²) in [6.07, 6.45) is 0. The van der Waals surface area contributed by atoms with E-state index in [4.69, 9.17) is 0 Å². The van der Waals surface area contributed by atoms with Gasteiger partial charge < -0.3 is 10.6 Å². The summed E-state index contributed by atoms with van der Waals surface area (Å²) in [6.45, 7) is 3.69. The van der Waals surface area contributed by atoms with Crippen molar-refractivity contribution in [1.29, 1.82) is 0 Å². The molecule has 2 aromatic carbocycles. The van der Waals surface area contributed by atoms with Crippen LogP contribution < -0.4 is 10.6 Å². The molecular weight excluding hydrogens is 375 g/mol. The molecule has 0 aliphatic rings. The Kier molecular flexibility index (Phi) is 6.09. The minimum Gasteiger partial charge on any atom is -0.340 e. The molecule has 0 heterocycles. The largest absolute Gasteiger partial charge is 0.340 e. The number of hydrogen-bond donors (Lipinski definition) is 2. The zero-order chi connectivity index (χ0) is 17.7. The van der Waals surface area contributed by atoms with Gasteiger partial charge in [0.15, 0.2) is 0 Å². The van der Waals surface area contributed by atoms with Crippen LogP contribution in [0.4, 0.5) is 10.1 Å². The fourth-order valence-corrected chi connectivity index (χ4v) is 2.38.